The van der Waals surface area contributed by atoms with E-state index >= 15 is 0 Å². The molecule has 0 atom stereocenters. The van der Waals surface area contributed by atoms with Crippen LogP contribution in [0, 0.1) is 0 Å². The normalized spacial score (nSPS) is 11.7. The molecule has 2 aromatic heterocycles. The van der Waals surface area contributed by atoms with Crippen molar-refractivity contribution in [1.29, 1.82) is 0 Å². The summed E-state index contributed by atoms with van der Waals surface area (Å²) in [6.45, 7) is 2.04. The third-order valence-corrected chi connectivity index (χ3v) is 2.20. The summed E-state index contributed by atoms with van der Waals surface area (Å²) in [5.74, 6) is -0.524. The summed E-state index contributed by atoms with van der Waals surface area (Å²) < 4.78 is 6.63. The van der Waals surface area contributed by atoms with E-state index in [4.69, 9.17) is 10.5 Å². The maximum atomic E-state index is 11.3. The Bertz CT molecular complexity index is 539. The number of hydrogen-bond acceptors (Lipinski definition) is 4. The van der Waals surface area contributed by atoms with E-state index < -0.39 is 5.97 Å². The summed E-state index contributed by atoms with van der Waals surface area (Å²) in [7, 11) is 0. The van der Waals surface area contributed by atoms with Crippen molar-refractivity contribution in [2.75, 3.05) is 6.61 Å². The summed E-state index contributed by atoms with van der Waals surface area (Å²) in [5, 5.41) is 0. The molecule has 2 heterocycles. The Labute approximate surface area is 98.5 Å². The Morgan fingerprint density at radius 2 is 2.41 bits per heavy atom. The lowest BCUT2D eigenvalue weighted by Gasteiger charge is -1.99. The van der Waals surface area contributed by atoms with Crippen molar-refractivity contribution in [3.8, 4) is 0 Å². The molecule has 0 aliphatic rings. The number of esters is 1. The van der Waals surface area contributed by atoms with Crippen LogP contribution in [0.4, 0.5) is 0 Å². The highest BCUT2D eigenvalue weighted by molar-refractivity contribution is 5.92. The molecule has 2 rings (SSSR count). The number of imidazole rings is 1. The molecule has 17 heavy (non-hydrogen) atoms. The molecular formula is C12H13N3O2. The van der Waals surface area contributed by atoms with E-state index in [1.807, 2.05) is 28.8 Å². The van der Waals surface area contributed by atoms with E-state index in [2.05, 4.69) is 4.98 Å². The van der Waals surface area contributed by atoms with Gasteiger partial charge in [0.15, 0.2) is 0 Å². The number of pyridine rings is 1. The first-order chi connectivity index (χ1) is 8.20. The second-order valence-corrected chi connectivity index (χ2v) is 3.45. The monoisotopic (exact) mass is 231 g/mol. The van der Waals surface area contributed by atoms with Crippen LogP contribution in [0.15, 0.2) is 36.3 Å². The Morgan fingerprint density at radius 3 is 3.12 bits per heavy atom. The van der Waals surface area contributed by atoms with Crippen LogP contribution in [0.1, 0.15) is 12.6 Å². The van der Waals surface area contributed by atoms with Crippen LogP contribution in [0.25, 0.3) is 11.7 Å². The average molecular weight is 231 g/mol. The number of nitrogens with two attached hydrogens (primary N) is 1. The zero-order valence-corrected chi connectivity index (χ0v) is 9.46. The Kier molecular flexibility index (Phi) is 3.09. The largest absolute Gasteiger partial charge is 0.461 e. The van der Waals surface area contributed by atoms with Crippen molar-refractivity contribution in [2.45, 2.75) is 6.92 Å². The van der Waals surface area contributed by atoms with Crippen LogP contribution in [0.3, 0.4) is 0 Å². The summed E-state index contributed by atoms with van der Waals surface area (Å²) in [4.78, 5) is 15.6. The van der Waals surface area contributed by atoms with E-state index in [1.165, 1.54) is 6.08 Å². The quantitative estimate of drug-likeness (QED) is 0.636. The first-order valence-corrected chi connectivity index (χ1v) is 5.28. The van der Waals surface area contributed by atoms with E-state index in [0.717, 1.165) is 5.65 Å². The highest BCUT2D eigenvalue weighted by Gasteiger charge is 2.07. The molecule has 2 aromatic rings. The molecule has 88 valence electrons. The maximum Gasteiger partial charge on any atom is 0.354 e. The van der Waals surface area contributed by atoms with Crippen molar-refractivity contribution in [2.24, 2.45) is 5.73 Å². The van der Waals surface area contributed by atoms with Gasteiger partial charge in [-0.05, 0) is 25.1 Å². The number of carbonyl (C=O) groups excluding carboxylic acids is 1. The smallest absolute Gasteiger partial charge is 0.354 e. The Hall–Kier alpha value is -2.30. The third kappa shape index (κ3) is 2.44. The molecule has 0 radical (unpaired) electrons. The minimum absolute atomic E-state index is 0.0512. The number of rotatable bonds is 3. The number of nitrogens with zero attached hydrogens (tertiary/aromatic N) is 2. The van der Waals surface area contributed by atoms with Gasteiger partial charge in [0.2, 0.25) is 0 Å². The van der Waals surface area contributed by atoms with E-state index in [0.29, 0.717) is 12.3 Å². The van der Waals surface area contributed by atoms with Crippen LogP contribution >= 0.6 is 0 Å². The van der Waals surface area contributed by atoms with E-state index in [-0.39, 0.29) is 5.70 Å². The van der Waals surface area contributed by atoms with Crippen LogP contribution in [-0.4, -0.2) is 22.0 Å². The van der Waals surface area contributed by atoms with E-state index in [1.54, 1.807) is 13.1 Å². The first kappa shape index (κ1) is 11.2. The Balaban J connectivity index is 2.28. The average Bonchev–Trinajstić information content (AvgIpc) is 2.71. The van der Waals surface area contributed by atoms with Crippen LogP contribution in [0.5, 0.6) is 0 Å². The van der Waals surface area contributed by atoms with Gasteiger partial charge in [-0.2, -0.15) is 0 Å². The topological polar surface area (TPSA) is 69.6 Å². The third-order valence-electron chi connectivity index (χ3n) is 2.20. The Morgan fingerprint density at radius 1 is 1.59 bits per heavy atom. The summed E-state index contributed by atoms with van der Waals surface area (Å²) in [6.07, 6.45) is 5.17. The number of hydrogen-bond donors (Lipinski definition) is 1. The van der Waals surface area contributed by atoms with Gasteiger partial charge in [-0.25, -0.2) is 9.78 Å². The second kappa shape index (κ2) is 4.69. The van der Waals surface area contributed by atoms with Gasteiger partial charge in [-0.15, -0.1) is 0 Å². The summed E-state index contributed by atoms with van der Waals surface area (Å²) in [6, 6.07) is 5.67. The number of aromatic nitrogens is 2. The molecule has 5 heteroatoms. The number of carbonyl (C=O) groups is 1. The van der Waals surface area contributed by atoms with Crippen molar-refractivity contribution in [3.63, 3.8) is 0 Å². The minimum atomic E-state index is -0.524. The van der Waals surface area contributed by atoms with Gasteiger partial charge in [0.1, 0.15) is 11.3 Å². The van der Waals surface area contributed by atoms with E-state index in [9.17, 15) is 4.79 Å². The lowest BCUT2D eigenvalue weighted by Crippen LogP contribution is -2.14. The fourth-order valence-electron chi connectivity index (χ4n) is 1.46. The molecule has 0 saturated heterocycles. The highest BCUT2D eigenvalue weighted by Crippen LogP contribution is 2.07. The van der Waals surface area contributed by atoms with Crippen molar-refractivity contribution in [1.82, 2.24) is 9.38 Å². The molecule has 0 amide bonds. The lowest BCUT2D eigenvalue weighted by atomic mass is 10.3. The predicted octanol–water partition coefficient (Wildman–Crippen LogP) is 1.20. The van der Waals surface area contributed by atoms with Crippen LogP contribution in [-0.2, 0) is 9.53 Å². The molecule has 0 saturated carbocycles. The SMILES string of the molecule is CCOC(=O)C(N)=Cc1cn2ccccc2n1. The standard InChI is InChI=1S/C12H13N3O2/c1-2-17-12(16)10(13)7-9-8-15-6-4-3-5-11(15)14-9/h3-8H,2,13H2,1H3. The molecule has 0 spiro atoms. The zero-order chi connectivity index (χ0) is 12.3. The summed E-state index contributed by atoms with van der Waals surface area (Å²) >= 11 is 0. The van der Waals surface area contributed by atoms with Crippen LogP contribution < -0.4 is 5.73 Å². The highest BCUT2D eigenvalue weighted by atomic mass is 16.5. The number of ether oxygens (including phenoxy) is 1. The van der Waals surface area contributed by atoms with Crippen LogP contribution in [0.2, 0.25) is 0 Å². The maximum absolute atomic E-state index is 11.3. The van der Waals surface area contributed by atoms with Gasteiger partial charge in [0, 0.05) is 12.4 Å². The molecule has 0 fully saturated rings. The first-order valence-electron chi connectivity index (χ1n) is 5.28. The predicted molar refractivity (Wildman–Crippen MR) is 64.0 cm³/mol. The minimum Gasteiger partial charge on any atom is -0.461 e. The van der Waals surface area contributed by atoms with Crippen molar-refractivity contribution >= 4 is 17.7 Å². The van der Waals surface area contributed by atoms with Gasteiger partial charge >= 0.3 is 5.97 Å². The zero-order valence-electron chi connectivity index (χ0n) is 9.46. The number of fused-ring (bicyclic) bond motifs is 1. The van der Waals surface area contributed by atoms with Crippen molar-refractivity contribution in [3.05, 3.63) is 42.0 Å². The molecule has 0 aliphatic carbocycles. The van der Waals surface area contributed by atoms with Crippen molar-refractivity contribution < 1.29 is 9.53 Å². The van der Waals surface area contributed by atoms with Gasteiger partial charge < -0.3 is 14.9 Å². The molecule has 0 aromatic carbocycles. The lowest BCUT2D eigenvalue weighted by molar-refractivity contribution is -0.138. The molecule has 5 nitrogen and oxygen atoms in total. The molecule has 0 bridgehead atoms. The van der Waals surface area contributed by atoms with Gasteiger partial charge in [0.05, 0.1) is 12.3 Å². The molecule has 2 N–H and O–H groups in total. The molecule has 0 aliphatic heterocycles. The van der Waals surface area contributed by atoms with Gasteiger partial charge in [-0.1, -0.05) is 6.07 Å². The molecular weight excluding hydrogens is 218 g/mol. The summed E-state index contributed by atoms with van der Waals surface area (Å²) in [5.41, 5.74) is 7.07. The fourth-order valence-corrected chi connectivity index (χ4v) is 1.46. The van der Waals surface area contributed by atoms with Gasteiger partial charge in [0.25, 0.3) is 0 Å². The second-order valence-electron chi connectivity index (χ2n) is 3.45. The molecule has 0 unspecified atom stereocenters. The fraction of sp³-hybridized carbons (Fsp3) is 0.167. The van der Waals surface area contributed by atoms with Gasteiger partial charge in [-0.3, -0.25) is 0 Å².